The molecule has 0 spiro atoms. The molecule has 1 saturated heterocycles. The van der Waals surface area contributed by atoms with Crippen LogP contribution in [0.25, 0.3) is 0 Å². The molecule has 148 valence electrons. The monoisotopic (exact) mass is 452 g/mol. The van der Waals surface area contributed by atoms with Crippen LogP contribution in [-0.4, -0.2) is 42.1 Å². The highest BCUT2D eigenvalue weighted by Gasteiger charge is 2.29. The molecule has 0 unspecified atom stereocenters. The van der Waals surface area contributed by atoms with Crippen molar-refractivity contribution in [2.75, 3.05) is 29.9 Å². The van der Waals surface area contributed by atoms with Crippen LogP contribution in [0.1, 0.15) is 25.0 Å². The highest BCUT2D eigenvalue weighted by Crippen LogP contribution is 2.32. The van der Waals surface area contributed by atoms with Crippen LogP contribution in [0.5, 0.6) is 5.75 Å². The number of carbonyl (C=O) groups is 1. The first kappa shape index (κ1) is 19.0. The fourth-order valence-corrected chi connectivity index (χ4v) is 4.07. The number of rotatable bonds is 3. The minimum absolute atomic E-state index is 0.0310. The molecule has 0 N–H and O–H groups in total. The zero-order valence-electron chi connectivity index (χ0n) is 15.3. The molecule has 3 heterocycles. The first-order chi connectivity index (χ1) is 13.4. The number of fused-ring (bicyclic) bond motifs is 1. The second-order valence-electron chi connectivity index (χ2n) is 6.94. The van der Waals surface area contributed by atoms with Gasteiger partial charge in [-0.2, -0.15) is 0 Å². The van der Waals surface area contributed by atoms with E-state index in [9.17, 15) is 13.6 Å². The third-order valence-electron chi connectivity index (χ3n) is 5.08. The number of amides is 1. The van der Waals surface area contributed by atoms with Gasteiger partial charge in [0, 0.05) is 51.9 Å². The van der Waals surface area contributed by atoms with Crippen molar-refractivity contribution in [2.45, 2.75) is 31.8 Å². The van der Waals surface area contributed by atoms with E-state index in [1.807, 2.05) is 0 Å². The van der Waals surface area contributed by atoms with Crippen molar-refractivity contribution < 1.29 is 18.3 Å². The van der Waals surface area contributed by atoms with Gasteiger partial charge in [0.25, 0.3) is 0 Å². The number of halogens is 3. The van der Waals surface area contributed by atoms with Crippen LogP contribution in [0, 0.1) is 11.6 Å². The summed E-state index contributed by atoms with van der Waals surface area (Å²) in [7, 11) is 1.71. The van der Waals surface area contributed by atoms with Crippen LogP contribution in [0.4, 0.5) is 20.4 Å². The normalized spacial score (nSPS) is 17.6. The van der Waals surface area contributed by atoms with Crippen molar-refractivity contribution in [3.05, 3.63) is 40.1 Å². The average molecular weight is 453 g/mol. The fourth-order valence-electron chi connectivity index (χ4n) is 3.51. The van der Waals surface area contributed by atoms with Crippen molar-refractivity contribution in [2.24, 2.45) is 0 Å². The van der Waals surface area contributed by atoms with Crippen LogP contribution in [0.15, 0.2) is 22.8 Å². The molecule has 0 atom stereocenters. The Labute approximate surface area is 169 Å². The number of hydrogen-bond donors (Lipinski definition) is 0. The molecule has 9 heteroatoms. The van der Waals surface area contributed by atoms with E-state index in [1.165, 1.54) is 12.1 Å². The van der Waals surface area contributed by atoms with Crippen LogP contribution < -0.4 is 14.5 Å². The van der Waals surface area contributed by atoms with Crippen molar-refractivity contribution >= 4 is 33.5 Å². The quantitative estimate of drug-likeness (QED) is 0.713. The number of aromatic nitrogens is 2. The Balaban J connectivity index is 1.46. The summed E-state index contributed by atoms with van der Waals surface area (Å²) in [5.74, 6) is 0.0588. The molecule has 6 nitrogen and oxygen atoms in total. The highest BCUT2D eigenvalue weighted by atomic mass is 79.9. The molecule has 0 aliphatic carbocycles. The summed E-state index contributed by atoms with van der Waals surface area (Å²) in [6.07, 6.45) is 2.19. The summed E-state index contributed by atoms with van der Waals surface area (Å²) < 4.78 is 33.2. The Morgan fingerprint density at radius 2 is 1.89 bits per heavy atom. The Kier molecular flexibility index (Phi) is 5.18. The third-order valence-corrected chi connectivity index (χ3v) is 5.62. The Bertz CT molecular complexity index is 919. The van der Waals surface area contributed by atoms with Gasteiger partial charge in [-0.1, -0.05) is 0 Å². The van der Waals surface area contributed by atoms with E-state index in [0.717, 1.165) is 11.8 Å². The van der Waals surface area contributed by atoms with Gasteiger partial charge in [-0.05, 0) is 28.1 Å². The summed E-state index contributed by atoms with van der Waals surface area (Å²) in [5, 5.41) is 0. The molecule has 0 bridgehead atoms. The van der Waals surface area contributed by atoms with Gasteiger partial charge in [0.05, 0.1) is 5.69 Å². The number of piperidine rings is 1. The van der Waals surface area contributed by atoms with E-state index in [2.05, 4.69) is 30.8 Å². The Morgan fingerprint density at radius 1 is 1.14 bits per heavy atom. The molecule has 0 radical (unpaired) electrons. The van der Waals surface area contributed by atoms with E-state index < -0.39 is 11.6 Å². The fraction of sp³-hybridized carbons (Fsp3) is 0.421. The first-order valence-corrected chi connectivity index (χ1v) is 9.91. The lowest BCUT2D eigenvalue weighted by molar-refractivity contribution is -0.118. The first-order valence-electron chi connectivity index (χ1n) is 9.12. The number of nitrogens with zero attached hydrogens (tertiary/aromatic N) is 4. The van der Waals surface area contributed by atoms with Gasteiger partial charge in [-0.25, -0.2) is 18.7 Å². The van der Waals surface area contributed by atoms with Gasteiger partial charge in [-0.15, -0.1) is 0 Å². The zero-order valence-corrected chi connectivity index (χ0v) is 16.9. The van der Waals surface area contributed by atoms with Crippen molar-refractivity contribution in [3.63, 3.8) is 0 Å². The Morgan fingerprint density at radius 3 is 2.61 bits per heavy atom. The van der Waals surface area contributed by atoms with E-state index in [4.69, 9.17) is 4.74 Å². The molecule has 2 aromatic rings. The standard InChI is InChI=1S/C19H19BrF2N4O2/c1-25-16(27)5-3-14-18(25)24-19(17(20)23-14)26-8-6-12(7-9-26)28-15-4-2-11(21)10-13(15)22/h2,4,10,12H,3,5-9H2,1H3. The third kappa shape index (κ3) is 3.67. The van der Waals surface area contributed by atoms with E-state index in [0.29, 0.717) is 55.0 Å². The molecule has 1 amide bonds. The average Bonchev–Trinajstić information content (AvgIpc) is 2.67. The summed E-state index contributed by atoms with van der Waals surface area (Å²) in [4.78, 5) is 24.8. The maximum absolute atomic E-state index is 13.8. The van der Waals surface area contributed by atoms with Gasteiger partial charge in [-0.3, -0.25) is 9.69 Å². The number of benzene rings is 1. The Hall–Kier alpha value is -2.29. The summed E-state index contributed by atoms with van der Waals surface area (Å²) >= 11 is 3.50. The molecule has 1 aromatic heterocycles. The summed E-state index contributed by atoms with van der Waals surface area (Å²) in [6.45, 7) is 1.30. The minimum Gasteiger partial charge on any atom is -0.487 e. The second kappa shape index (κ2) is 7.62. The molecule has 0 saturated carbocycles. The van der Waals surface area contributed by atoms with Crippen LogP contribution in [-0.2, 0) is 11.2 Å². The number of ether oxygens (including phenoxy) is 1. The van der Waals surface area contributed by atoms with Gasteiger partial charge in [0.15, 0.2) is 23.2 Å². The summed E-state index contributed by atoms with van der Waals surface area (Å²) in [5.41, 5.74) is 0.808. The van der Waals surface area contributed by atoms with Gasteiger partial charge in [0.1, 0.15) is 16.5 Å². The summed E-state index contributed by atoms with van der Waals surface area (Å²) in [6, 6.07) is 3.32. The van der Waals surface area contributed by atoms with Crippen molar-refractivity contribution in [1.82, 2.24) is 9.97 Å². The van der Waals surface area contributed by atoms with Crippen LogP contribution in [0.2, 0.25) is 0 Å². The smallest absolute Gasteiger partial charge is 0.228 e. The number of hydrogen-bond acceptors (Lipinski definition) is 5. The predicted molar refractivity (Wildman–Crippen MR) is 104 cm³/mol. The zero-order chi connectivity index (χ0) is 19.8. The number of anilines is 2. The van der Waals surface area contributed by atoms with Crippen LogP contribution >= 0.6 is 15.9 Å². The topological polar surface area (TPSA) is 58.6 Å². The number of aryl methyl sites for hydroxylation is 1. The molecule has 2 aliphatic heterocycles. The SMILES string of the molecule is CN1C(=O)CCc2nc(Br)c(N3CCC(Oc4ccc(F)cc4F)CC3)nc21. The molecular weight excluding hydrogens is 434 g/mol. The molecular formula is C19H19BrF2N4O2. The van der Waals surface area contributed by atoms with Gasteiger partial charge >= 0.3 is 0 Å². The van der Waals surface area contributed by atoms with Gasteiger partial charge < -0.3 is 9.64 Å². The molecule has 1 fully saturated rings. The van der Waals surface area contributed by atoms with Crippen molar-refractivity contribution in [1.29, 1.82) is 0 Å². The molecule has 2 aliphatic rings. The largest absolute Gasteiger partial charge is 0.487 e. The van der Waals surface area contributed by atoms with Crippen molar-refractivity contribution in [3.8, 4) is 5.75 Å². The van der Waals surface area contributed by atoms with E-state index >= 15 is 0 Å². The maximum Gasteiger partial charge on any atom is 0.228 e. The lowest BCUT2D eigenvalue weighted by atomic mass is 10.1. The van der Waals surface area contributed by atoms with Crippen LogP contribution in [0.3, 0.4) is 0 Å². The lowest BCUT2D eigenvalue weighted by Gasteiger charge is -2.34. The van der Waals surface area contributed by atoms with E-state index in [1.54, 1.807) is 11.9 Å². The number of carbonyl (C=O) groups excluding carboxylic acids is 1. The minimum atomic E-state index is -0.696. The lowest BCUT2D eigenvalue weighted by Crippen LogP contribution is -2.40. The second-order valence-corrected chi connectivity index (χ2v) is 7.69. The highest BCUT2D eigenvalue weighted by molar-refractivity contribution is 9.10. The maximum atomic E-state index is 13.8. The molecule has 28 heavy (non-hydrogen) atoms. The predicted octanol–water partition coefficient (Wildman–Crippen LogP) is 3.47. The van der Waals surface area contributed by atoms with Gasteiger partial charge in [0.2, 0.25) is 5.91 Å². The molecule has 4 rings (SSSR count). The van der Waals surface area contributed by atoms with E-state index in [-0.39, 0.29) is 17.8 Å². The molecule has 1 aromatic carbocycles.